The van der Waals surface area contributed by atoms with Crippen molar-refractivity contribution in [1.82, 2.24) is 9.55 Å². The molecule has 0 spiro atoms. The first-order valence-electron chi connectivity index (χ1n) is 6.03. The minimum absolute atomic E-state index is 0.284. The third-order valence-electron chi connectivity index (χ3n) is 3.39. The highest BCUT2D eigenvalue weighted by molar-refractivity contribution is 9.10. The highest BCUT2D eigenvalue weighted by Gasteiger charge is 2.35. The zero-order valence-corrected chi connectivity index (χ0v) is 12.4. The number of amidine groups is 1. The first-order chi connectivity index (χ1) is 9.39. The van der Waals surface area contributed by atoms with Crippen LogP contribution in [-0.4, -0.2) is 15.4 Å². The molecule has 0 bridgehead atoms. The van der Waals surface area contributed by atoms with Crippen molar-refractivity contribution in [1.29, 1.82) is 0 Å². The lowest BCUT2D eigenvalue weighted by Crippen LogP contribution is -2.37. The first kappa shape index (κ1) is 13.1. The number of hydrogen-bond acceptors (Lipinski definition) is 4. The van der Waals surface area contributed by atoms with Gasteiger partial charge in [-0.1, -0.05) is 0 Å². The first-order valence-corrected chi connectivity index (χ1v) is 6.82. The molecule has 1 aromatic heterocycles. The van der Waals surface area contributed by atoms with Gasteiger partial charge in [0.1, 0.15) is 16.0 Å². The number of aromatic nitrogens is 2. The van der Waals surface area contributed by atoms with E-state index in [1.165, 1.54) is 12.1 Å². The quantitative estimate of drug-likeness (QED) is 0.781. The van der Waals surface area contributed by atoms with Crippen molar-refractivity contribution in [3.8, 4) is 0 Å². The second-order valence-corrected chi connectivity index (χ2v) is 5.84. The summed E-state index contributed by atoms with van der Waals surface area (Å²) in [6.07, 6.45) is 1.80. The van der Waals surface area contributed by atoms with Crippen LogP contribution in [0.25, 0.3) is 0 Å². The summed E-state index contributed by atoms with van der Waals surface area (Å²) in [5.74, 6) is 0.519. The molecular weight excluding hydrogens is 325 g/mol. The lowest BCUT2D eigenvalue weighted by molar-refractivity contribution is 0.383. The lowest BCUT2D eigenvalue weighted by atomic mass is 9.90. The molecule has 0 saturated carbocycles. The Labute approximate surface area is 123 Å². The van der Waals surface area contributed by atoms with Gasteiger partial charge in [-0.05, 0) is 41.1 Å². The van der Waals surface area contributed by atoms with Gasteiger partial charge in [-0.15, -0.1) is 0 Å². The number of anilines is 1. The minimum atomic E-state index is -0.809. The Morgan fingerprint density at radius 3 is 2.90 bits per heavy atom. The molecule has 0 unspecified atom stereocenters. The lowest BCUT2D eigenvalue weighted by Gasteiger charge is -2.31. The smallest absolute Gasteiger partial charge is 0.176 e. The Bertz CT molecular complexity index is 724. The highest BCUT2D eigenvalue weighted by Crippen LogP contribution is 2.34. The van der Waals surface area contributed by atoms with Gasteiger partial charge < -0.3 is 16.0 Å². The monoisotopic (exact) mass is 337 g/mol. The molecule has 1 aromatic carbocycles. The Kier molecular flexibility index (Phi) is 2.82. The van der Waals surface area contributed by atoms with Crippen LogP contribution in [0.4, 0.5) is 10.1 Å². The maximum absolute atomic E-state index is 14.1. The van der Waals surface area contributed by atoms with E-state index < -0.39 is 5.54 Å². The van der Waals surface area contributed by atoms with Gasteiger partial charge in [-0.3, -0.25) is 4.99 Å². The molecule has 0 fully saturated rings. The van der Waals surface area contributed by atoms with E-state index in [0.717, 1.165) is 0 Å². The molecule has 20 heavy (non-hydrogen) atoms. The number of rotatable bonds is 1. The summed E-state index contributed by atoms with van der Waals surface area (Å²) in [4.78, 5) is 8.67. The Balaban J connectivity index is 2.14. The molecule has 104 valence electrons. The molecule has 0 saturated heterocycles. The van der Waals surface area contributed by atoms with E-state index in [2.05, 4.69) is 25.9 Å². The van der Waals surface area contributed by atoms with Crippen LogP contribution in [0.5, 0.6) is 0 Å². The largest absolute Gasteiger partial charge is 0.399 e. The third kappa shape index (κ3) is 1.98. The summed E-state index contributed by atoms with van der Waals surface area (Å²) in [5, 5.41) is 0. The van der Waals surface area contributed by atoms with Gasteiger partial charge in [-0.25, -0.2) is 9.37 Å². The Hall–Kier alpha value is -1.89. The molecule has 0 radical (unpaired) electrons. The van der Waals surface area contributed by atoms with Gasteiger partial charge in [0.25, 0.3) is 0 Å². The molecule has 0 aliphatic carbocycles. The molecule has 1 atom stereocenters. The van der Waals surface area contributed by atoms with Crippen molar-refractivity contribution in [3.05, 3.63) is 46.2 Å². The van der Waals surface area contributed by atoms with Gasteiger partial charge in [0.2, 0.25) is 0 Å². The number of benzene rings is 1. The fourth-order valence-corrected chi connectivity index (χ4v) is 2.91. The number of imidazole rings is 1. The maximum Gasteiger partial charge on any atom is 0.176 e. The summed E-state index contributed by atoms with van der Waals surface area (Å²) >= 11 is 3.30. The fraction of sp³-hybridized carbons (Fsp3) is 0.231. The van der Waals surface area contributed by atoms with Crippen LogP contribution >= 0.6 is 15.9 Å². The number of hydrogen-bond donors (Lipinski definition) is 2. The van der Waals surface area contributed by atoms with Gasteiger partial charge in [-0.2, -0.15) is 0 Å². The molecule has 2 aromatic rings. The van der Waals surface area contributed by atoms with E-state index in [0.29, 0.717) is 28.2 Å². The van der Waals surface area contributed by atoms with Crippen molar-refractivity contribution in [3.63, 3.8) is 0 Å². The second-order valence-electron chi connectivity index (χ2n) is 5.03. The Morgan fingerprint density at radius 1 is 1.40 bits per heavy atom. The second kappa shape index (κ2) is 4.31. The van der Waals surface area contributed by atoms with E-state index in [9.17, 15) is 4.39 Å². The average molecular weight is 338 g/mol. The van der Waals surface area contributed by atoms with Crippen molar-refractivity contribution in [2.24, 2.45) is 10.7 Å². The topological polar surface area (TPSA) is 82.2 Å². The fourth-order valence-electron chi connectivity index (χ4n) is 2.49. The zero-order valence-electron chi connectivity index (χ0n) is 10.8. The summed E-state index contributed by atoms with van der Waals surface area (Å²) in [6, 6.07) is 4.47. The standard InChI is InChI=1S/C13H13BrFN5/c1-13(8-4-7(16)2-3-9(8)15)6-20-5-10(14)18-12(20)11(17)19-13/h2-5H,6,16H2,1H3,(H2,17,19)/t13-/m0/s1. The van der Waals surface area contributed by atoms with Crippen LogP contribution in [0, 0.1) is 5.82 Å². The molecule has 7 heteroatoms. The van der Waals surface area contributed by atoms with Crippen molar-refractivity contribution in [2.45, 2.75) is 19.0 Å². The normalized spacial score (nSPS) is 21.4. The van der Waals surface area contributed by atoms with Crippen LogP contribution < -0.4 is 11.5 Å². The predicted octanol–water partition coefficient (Wildman–Crippen LogP) is 2.00. The molecule has 1 aliphatic rings. The summed E-state index contributed by atoms with van der Waals surface area (Å²) in [6.45, 7) is 2.27. The molecule has 5 nitrogen and oxygen atoms in total. The minimum Gasteiger partial charge on any atom is -0.399 e. The van der Waals surface area contributed by atoms with Crippen LogP contribution in [0.15, 0.2) is 34.0 Å². The van der Waals surface area contributed by atoms with Crippen LogP contribution in [0.2, 0.25) is 0 Å². The van der Waals surface area contributed by atoms with E-state index in [1.807, 2.05) is 11.5 Å². The predicted molar refractivity (Wildman–Crippen MR) is 78.8 cm³/mol. The van der Waals surface area contributed by atoms with Crippen LogP contribution in [0.3, 0.4) is 0 Å². The SMILES string of the molecule is C[C@@]1(c2cc(N)ccc2F)Cn2cc(Br)nc2C(N)=N1. The van der Waals surface area contributed by atoms with Crippen LogP contribution in [-0.2, 0) is 12.1 Å². The number of aliphatic imine (C=N–C) groups is 1. The van der Waals surface area contributed by atoms with E-state index in [1.54, 1.807) is 12.3 Å². The van der Waals surface area contributed by atoms with Crippen molar-refractivity contribution < 1.29 is 4.39 Å². The van der Waals surface area contributed by atoms with E-state index >= 15 is 0 Å². The molecular formula is C13H13BrFN5. The number of fused-ring (bicyclic) bond motifs is 1. The van der Waals surface area contributed by atoms with Crippen molar-refractivity contribution >= 4 is 27.5 Å². The summed E-state index contributed by atoms with van der Waals surface area (Å²) in [5.41, 5.74) is 11.8. The number of halogens is 2. The summed E-state index contributed by atoms with van der Waals surface area (Å²) in [7, 11) is 0. The molecule has 3 rings (SSSR count). The maximum atomic E-state index is 14.1. The van der Waals surface area contributed by atoms with Crippen LogP contribution in [0.1, 0.15) is 18.3 Å². The highest BCUT2D eigenvalue weighted by atomic mass is 79.9. The van der Waals surface area contributed by atoms with Gasteiger partial charge >= 0.3 is 0 Å². The number of nitrogens with zero attached hydrogens (tertiary/aromatic N) is 3. The Morgan fingerprint density at radius 2 is 2.15 bits per heavy atom. The zero-order chi connectivity index (χ0) is 14.5. The number of nitrogens with two attached hydrogens (primary N) is 2. The molecule has 2 heterocycles. The number of nitrogen functional groups attached to an aromatic ring is 1. The van der Waals surface area contributed by atoms with Gasteiger partial charge in [0, 0.05) is 17.4 Å². The average Bonchev–Trinajstić information content (AvgIpc) is 2.73. The van der Waals surface area contributed by atoms with E-state index in [-0.39, 0.29) is 11.7 Å². The molecule has 0 amide bonds. The third-order valence-corrected chi connectivity index (χ3v) is 3.77. The van der Waals surface area contributed by atoms with E-state index in [4.69, 9.17) is 11.5 Å². The molecule has 4 N–H and O–H groups in total. The van der Waals surface area contributed by atoms with Crippen molar-refractivity contribution in [2.75, 3.05) is 5.73 Å². The van der Waals surface area contributed by atoms with Gasteiger partial charge in [0.05, 0.1) is 6.54 Å². The van der Waals surface area contributed by atoms with Gasteiger partial charge in [0.15, 0.2) is 11.7 Å². The molecule has 1 aliphatic heterocycles. The summed E-state index contributed by atoms with van der Waals surface area (Å²) < 4.78 is 16.6.